The normalized spacial score (nSPS) is 10.6. The largest absolute Gasteiger partial charge is 0.347 e. The first kappa shape index (κ1) is 14.2. The summed E-state index contributed by atoms with van der Waals surface area (Å²) in [5, 5.41) is 2.91. The highest BCUT2D eigenvalue weighted by molar-refractivity contribution is 5.92. The lowest BCUT2D eigenvalue weighted by molar-refractivity contribution is 0.0946. The molecule has 2 aromatic rings. The molecular weight excluding hydrogens is 250 g/mol. The van der Waals surface area contributed by atoms with E-state index in [1.54, 1.807) is 18.3 Å². The predicted molar refractivity (Wildman–Crippen MR) is 79.2 cm³/mol. The van der Waals surface area contributed by atoms with Crippen LogP contribution in [0.2, 0.25) is 0 Å². The van der Waals surface area contributed by atoms with Crippen LogP contribution in [0.25, 0.3) is 0 Å². The Balaban J connectivity index is 2.02. The summed E-state index contributed by atoms with van der Waals surface area (Å²) in [5.41, 5.74) is 2.79. The van der Waals surface area contributed by atoms with Crippen molar-refractivity contribution in [2.24, 2.45) is 0 Å². The third kappa shape index (κ3) is 3.90. The van der Waals surface area contributed by atoms with Crippen LogP contribution < -0.4 is 5.32 Å². The number of rotatable bonds is 5. The van der Waals surface area contributed by atoms with Gasteiger partial charge < -0.3 is 10.2 Å². The average molecular weight is 269 g/mol. The fraction of sp³-hybridized carbons (Fsp3) is 0.250. The molecule has 20 heavy (non-hydrogen) atoms. The number of aromatic nitrogens is 1. The van der Waals surface area contributed by atoms with E-state index < -0.39 is 0 Å². The Labute approximate surface area is 119 Å². The van der Waals surface area contributed by atoms with Gasteiger partial charge in [-0.1, -0.05) is 30.3 Å². The van der Waals surface area contributed by atoms with Gasteiger partial charge in [-0.3, -0.25) is 9.78 Å². The lowest BCUT2D eigenvalue weighted by Crippen LogP contribution is -2.24. The van der Waals surface area contributed by atoms with E-state index in [1.165, 1.54) is 5.56 Å². The quantitative estimate of drug-likeness (QED) is 0.904. The van der Waals surface area contributed by atoms with E-state index in [4.69, 9.17) is 0 Å². The van der Waals surface area contributed by atoms with Gasteiger partial charge in [0.15, 0.2) is 0 Å². The number of hydrogen-bond donors (Lipinski definition) is 1. The number of nitrogens with zero attached hydrogens (tertiary/aromatic N) is 2. The van der Waals surface area contributed by atoms with Crippen LogP contribution in [0.3, 0.4) is 0 Å². The van der Waals surface area contributed by atoms with Gasteiger partial charge in [0.2, 0.25) is 0 Å². The van der Waals surface area contributed by atoms with Crippen LogP contribution in [0.15, 0.2) is 48.7 Å². The van der Waals surface area contributed by atoms with Gasteiger partial charge >= 0.3 is 0 Å². The molecule has 1 amide bonds. The van der Waals surface area contributed by atoms with E-state index in [-0.39, 0.29) is 5.91 Å². The van der Waals surface area contributed by atoms with Crippen molar-refractivity contribution in [1.82, 2.24) is 15.2 Å². The van der Waals surface area contributed by atoms with Gasteiger partial charge in [-0.2, -0.15) is 0 Å². The number of nitrogens with one attached hydrogen (secondary N) is 1. The highest BCUT2D eigenvalue weighted by Gasteiger charge is 2.08. The minimum Gasteiger partial charge on any atom is -0.347 e. The topological polar surface area (TPSA) is 45.2 Å². The zero-order chi connectivity index (χ0) is 14.4. The Kier molecular flexibility index (Phi) is 4.85. The molecule has 0 aliphatic carbocycles. The number of carbonyl (C=O) groups is 1. The molecule has 0 aliphatic rings. The van der Waals surface area contributed by atoms with Gasteiger partial charge in [0.1, 0.15) is 5.69 Å². The van der Waals surface area contributed by atoms with E-state index >= 15 is 0 Å². The van der Waals surface area contributed by atoms with Crippen LogP contribution in [-0.2, 0) is 13.1 Å². The van der Waals surface area contributed by atoms with Gasteiger partial charge in [0.05, 0.1) is 0 Å². The molecule has 1 aromatic heterocycles. The Bertz CT molecular complexity index is 567. The van der Waals surface area contributed by atoms with E-state index in [9.17, 15) is 4.79 Å². The molecule has 1 heterocycles. The zero-order valence-corrected chi connectivity index (χ0v) is 11.8. The van der Waals surface area contributed by atoms with Crippen molar-refractivity contribution in [1.29, 1.82) is 0 Å². The van der Waals surface area contributed by atoms with Gasteiger partial charge in [-0.05, 0) is 37.4 Å². The first-order valence-electron chi connectivity index (χ1n) is 6.57. The summed E-state index contributed by atoms with van der Waals surface area (Å²) in [6, 6.07) is 13.4. The highest BCUT2D eigenvalue weighted by Crippen LogP contribution is 2.10. The second-order valence-corrected chi connectivity index (χ2v) is 4.90. The van der Waals surface area contributed by atoms with Crippen molar-refractivity contribution in [2.45, 2.75) is 13.1 Å². The predicted octanol–water partition coefficient (Wildman–Crippen LogP) is 2.07. The summed E-state index contributed by atoms with van der Waals surface area (Å²) in [7, 11) is 4.06. The van der Waals surface area contributed by atoms with Crippen LogP contribution >= 0.6 is 0 Å². The van der Waals surface area contributed by atoms with Crippen LogP contribution in [0.5, 0.6) is 0 Å². The fourth-order valence-corrected chi connectivity index (χ4v) is 1.99. The molecule has 0 spiro atoms. The van der Waals surface area contributed by atoms with Crippen LogP contribution in [0, 0.1) is 0 Å². The molecule has 0 saturated carbocycles. The van der Waals surface area contributed by atoms with Crippen molar-refractivity contribution in [3.8, 4) is 0 Å². The van der Waals surface area contributed by atoms with Crippen LogP contribution in [0.1, 0.15) is 21.6 Å². The van der Waals surface area contributed by atoms with Crippen LogP contribution in [-0.4, -0.2) is 29.9 Å². The number of carbonyl (C=O) groups excluding carboxylic acids is 1. The van der Waals surface area contributed by atoms with Crippen molar-refractivity contribution < 1.29 is 4.79 Å². The highest BCUT2D eigenvalue weighted by atomic mass is 16.1. The molecule has 2 rings (SSSR count). The molecule has 4 heteroatoms. The Morgan fingerprint density at radius 1 is 1.10 bits per heavy atom. The molecule has 0 radical (unpaired) electrons. The zero-order valence-electron chi connectivity index (χ0n) is 11.8. The Morgan fingerprint density at radius 2 is 1.80 bits per heavy atom. The first-order valence-corrected chi connectivity index (χ1v) is 6.57. The molecule has 1 aromatic carbocycles. The van der Waals surface area contributed by atoms with Crippen molar-refractivity contribution in [3.05, 3.63) is 65.5 Å². The third-order valence-electron chi connectivity index (χ3n) is 2.94. The van der Waals surface area contributed by atoms with Crippen molar-refractivity contribution in [2.75, 3.05) is 14.1 Å². The van der Waals surface area contributed by atoms with Gasteiger partial charge in [0.25, 0.3) is 5.91 Å². The Morgan fingerprint density at radius 3 is 2.45 bits per heavy atom. The van der Waals surface area contributed by atoms with Crippen molar-refractivity contribution >= 4 is 5.91 Å². The molecule has 0 saturated heterocycles. The fourth-order valence-electron chi connectivity index (χ4n) is 1.99. The summed E-state index contributed by atoms with van der Waals surface area (Å²) in [5.74, 6) is -0.148. The molecule has 0 fully saturated rings. The molecule has 0 atom stereocenters. The lowest BCUT2D eigenvalue weighted by Gasteiger charge is -2.14. The van der Waals surface area contributed by atoms with E-state index in [0.29, 0.717) is 12.2 Å². The maximum atomic E-state index is 12.0. The minimum absolute atomic E-state index is 0.148. The molecule has 4 nitrogen and oxygen atoms in total. The summed E-state index contributed by atoms with van der Waals surface area (Å²) in [6.45, 7) is 1.37. The monoisotopic (exact) mass is 269 g/mol. The van der Waals surface area contributed by atoms with E-state index in [1.807, 2.05) is 38.4 Å². The molecule has 0 aliphatic heterocycles. The molecule has 0 unspecified atom stereocenters. The number of hydrogen-bond acceptors (Lipinski definition) is 3. The van der Waals surface area contributed by atoms with Gasteiger partial charge in [0, 0.05) is 19.3 Å². The summed E-state index contributed by atoms with van der Waals surface area (Å²) in [4.78, 5) is 18.1. The molecule has 0 bridgehead atoms. The molecular formula is C16H19N3O. The third-order valence-corrected chi connectivity index (χ3v) is 2.94. The number of amides is 1. The van der Waals surface area contributed by atoms with Gasteiger partial charge in [-0.15, -0.1) is 0 Å². The van der Waals surface area contributed by atoms with E-state index in [0.717, 1.165) is 12.1 Å². The smallest absolute Gasteiger partial charge is 0.270 e. The molecule has 104 valence electrons. The SMILES string of the molecule is CN(C)Cc1ccccc1CNC(=O)c1ccccn1. The lowest BCUT2D eigenvalue weighted by atomic mass is 10.1. The average Bonchev–Trinajstić information content (AvgIpc) is 2.46. The van der Waals surface area contributed by atoms with Crippen molar-refractivity contribution in [3.63, 3.8) is 0 Å². The second-order valence-electron chi connectivity index (χ2n) is 4.90. The number of pyridine rings is 1. The maximum absolute atomic E-state index is 12.0. The standard InChI is InChI=1S/C16H19N3O/c1-19(2)12-14-8-4-3-7-13(14)11-18-16(20)15-9-5-6-10-17-15/h3-10H,11-12H2,1-2H3,(H,18,20). The summed E-state index contributed by atoms with van der Waals surface area (Å²) < 4.78 is 0. The van der Waals surface area contributed by atoms with Crippen LogP contribution in [0.4, 0.5) is 0 Å². The summed E-state index contributed by atoms with van der Waals surface area (Å²) >= 11 is 0. The maximum Gasteiger partial charge on any atom is 0.270 e. The first-order chi connectivity index (χ1) is 9.66. The number of benzene rings is 1. The molecule has 1 N–H and O–H groups in total. The van der Waals surface area contributed by atoms with E-state index in [2.05, 4.69) is 21.3 Å². The summed E-state index contributed by atoms with van der Waals surface area (Å²) in [6.07, 6.45) is 1.62. The second kappa shape index (κ2) is 6.82. The Hall–Kier alpha value is -2.20. The minimum atomic E-state index is -0.148. The van der Waals surface area contributed by atoms with Gasteiger partial charge in [-0.25, -0.2) is 0 Å².